The van der Waals surface area contributed by atoms with E-state index in [2.05, 4.69) is 93.5 Å². The maximum Gasteiger partial charge on any atom is 0.0511 e. The van der Waals surface area contributed by atoms with Gasteiger partial charge in [0.05, 0.1) is 6.04 Å². The molecule has 2 rings (SSSR count). The van der Waals surface area contributed by atoms with Gasteiger partial charge in [0, 0.05) is 14.6 Å². The van der Waals surface area contributed by atoms with Crippen LogP contribution < -0.4 is 5.32 Å². The average molecular weight is 383 g/mol. The number of nitrogens with one attached hydrogen (secondary N) is 1. The Balaban J connectivity index is 2.21. The lowest BCUT2D eigenvalue weighted by atomic mass is 10.0. The molecule has 2 aromatic carbocycles. The summed E-state index contributed by atoms with van der Waals surface area (Å²) < 4.78 is 2.26. The zero-order valence-corrected chi connectivity index (χ0v) is 14.3. The molecule has 0 aromatic heterocycles. The van der Waals surface area contributed by atoms with Gasteiger partial charge in [-0.1, -0.05) is 57.0 Å². The minimum Gasteiger partial charge on any atom is -0.378 e. The first kappa shape index (κ1) is 14.6. The van der Waals surface area contributed by atoms with Crippen LogP contribution in [-0.4, -0.2) is 0 Å². The fourth-order valence-electron chi connectivity index (χ4n) is 2.03. The van der Waals surface area contributed by atoms with Crippen LogP contribution >= 0.6 is 31.9 Å². The first-order valence-corrected chi connectivity index (χ1v) is 7.97. The molecule has 2 aromatic rings. The van der Waals surface area contributed by atoms with E-state index < -0.39 is 0 Å². The van der Waals surface area contributed by atoms with E-state index in [0.717, 1.165) is 21.1 Å². The Labute approximate surface area is 131 Å². The van der Waals surface area contributed by atoms with Crippen LogP contribution in [0.3, 0.4) is 0 Å². The van der Waals surface area contributed by atoms with Crippen molar-refractivity contribution in [2.24, 2.45) is 0 Å². The largest absolute Gasteiger partial charge is 0.378 e. The molecule has 19 heavy (non-hydrogen) atoms. The topological polar surface area (TPSA) is 12.0 Å². The van der Waals surface area contributed by atoms with Crippen molar-refractivity contribution in [2.45, 2.75) is 26.3 Å². The third kappa shape index (κ3) is 3.83. The molecule has 0 spiro atoms. The molecule has 0 aliphatic rings. The van der Waals surface area contributed by atoms with Gasteiger partial charge in [0.15, 0.2) is 0 Å². The number of benzene rings is 2. The highest BCUT2D eigenvalue weighted by Gasteiger charge is 2.09. The van der Waals surface area contributed by atoms with Crippen LogP contribution in [0.1, 0.15) is 30.5 Å². The predicted octanol–water partition coefficient (Wildman–Crippen LogP) is 6.08. The van der Waals surface area contributed by atoms with Crippen LogP contribution in [-0.2, 0) is 0 Å². The van der Waals surface area contributed by atoms with E-state index in [4.69, 9.17) is 0 Å². The highest BCUT2D eigenvalue weighted by Crippen LogP contribution is 2.27. The summed E-state index contributed by atoms with van der Waals surface area (Å²) in [7, 11) is 0. The van der Waals surface area contributed by atoms with Crippen LogP contribution in [0.4, 0.5) is 5.69 Å². The molecule has 0 heterocycles. The molecule has 0 bridgehead atoms. The van der Waals surface area contributed by atoms with Crippen molar-refractivity contribution in [3.05, 3.63) is 62.5 Å². The van der Waals surface area contributed by atoms with Gasteiger partial charge in [-0.3, -0.25) is 0 Å². The maximum absolute atomic E-state index is 3.59. The normalized spacial score (nSPS) is 12.2. The molecule has 0 amide bonds. The molecule has 0 saturated carbocycles. The van der Waals surface area contributed by atoms with Crippen LogP contribution in [0.25, 0.3) is 0 Å². The van der Waals surface area contributed by atoms with Gasteiger partial charge in [0.2, 0.25) is 0 Å². The van der Waals surface area contributed by atoms with E-state index in [1.54, 1.807) is 0 Å². The Bertz CT molecular complexity index is 566. The molecular formula is C16H17Br2N. The summed E-state index contributed by atoms with van der Waals surface area (Å²) in [5.74, 6) is 0. The van der Waals surface area contributed by atoms with E-state index in [1.807, 2.05) is 0 Å². The Morgan fingerprint density at radius 1 is 1.11 bits per heavy atom. The average Bonchev–Trinajstić information content (AvgIpc) is 2.40. The molecule has 0 saturated heterocycles. The van der Waals surface area contributed by atoms with Crippen LogP contribution in [0, 0.1) is 6.92 Å². The molecule has 1 unspecified atom stereocenters. The summed E-state index contributed by atoms with van der Waals surface area (Å²) in [6, 6.07) is 15.2. The predicted molar refractivity (Wildman–Crippen MR) is 89.7 cm³/mol. The molecule has 1 atom stereocenters. The lowest BCUT2D eigenvalue weighted by molar-refractivity contribution is 0.749. The first-order chi connectivity index (χ1) is 9.10. The molecule has 100 valence electrons. The molecule has 1 nitrogen and oxygen atoms in total. The van der Waals surface area contributed by atoms with Crippen molar-refractivity contribution in [3.63, 3.8) is 0 Å². The lowest BCUT2D eigenvalue weighted by Crippen LogP contribution is -2.09. The zero-order chi connectivity index (χ0) is 13.8. The third-order valence-electron chi connectivity index (χ3n) is 3.17. The van der Waals surface area contributed by atoms with Gasteiger partial charge >= 0.3 is 0 Å². The number of rotatable bonds is 4. The van der Waals surface area contributed by atoms with E-state index in [9.17, 15) is 0 Å². The Morgan fingerprint density at radius 3 is 2.53 bits per heavy atom. The van der Waals surface area contributed by atoms with E-state index in [0.29, 0.717) is 6.04 Å². The van der Waals surface area contributed by atoms with Gasteiger partial charge in [-0.25, -0.2) is 0 Å². The zero-order valence-electron chi connectivity index (χ0n) is 11.1. The van der Waals surface area contributed by atoms with Crippen molar-refractivity contribution >= 4 is 37.5 Å². The van der Waals surface area contributed by atoms with E-state index >= 15 is 0 Å². The van der Waals surface area contributed by atoms with Gasteiger partial charge in [0.25, 0.3) is 0 Å². The second kappa shape index (κ2) is 6.58. The standard InChI is InChI=1S/C16H17Br2N/c1-3-16(12-5-4-6-13(17)9-12)19-14-8-7-11(2)15(18)10-14/h4-10,16,19H,3H2,1-2H3. The number of aryl methyl sites for hydroxylation is 1. The summed E-state index contributed by atoms with van der Waals surface area (Å²) in [5, 5.41) is 3.59. The molecular weight excluding hydrogens is 366 g/mol. The van der Waals surface area contributed by atoms with Crippen molar-refractivity contribution in [2.75, 3.05) is 5.32 Å². The highest BCUT2D eigenvalue weighted by atomic mass is 79.9. The summed E-state index contributed by atoms with van der Waals surface area (Å²) in [5.41, 5.74) is 3.69. The molecule has 0 aliphatic carbocycles. The number of halogens is 2. The van der Waals surface area contributed by atoms with Crippen molar-refractivity contribution in [3.8, 4) is 0 Å². The van der Waals surface area contributed by atoms with Gasteiger partial charge in [-0.2, -0.15) is 0 Å². The van der Waals surface area contributed by atoms with Gasteiger partial charge in [0.1, 0.15) is 0 Å². The fourth-order valence-corrected chi connectivity index (χ4v) is 2.82. The van der Waals surface area contributed by atoms with Crippen molar-refractivity contribution < 1.29 is 0 Å². The van der Waals surface area contributed by atoms with E-state index in [-0.39, 0.29) is 0 Å². The second-order valence-corrected chi connectivity index (χ2v) is 6.39. The minimum absolute atomic E-state index is 0.326. The van der Waals surface area contributed by atoms with Crippen LogP contribution in [0.2, 0.25) is 0 Å². The number of anilines is 1. The van der Waals surface area contributed by atoms with Gasteiger partial charge in [-0.15, -0.1) is 0 Å². The van der Waals surface area contributed by atoms with Gasteiger partial charge in [-0.05, 0) is 48.7 Å². The Hall–Kier alpha value is -0.800. The minimum atomic E-state index is 0.326. The number of hydrogen-bond donors (Lipinski definition) is 1. The van der Waals surface area contributed by atoms with Gasteiger partial charge < -0.3 is 5.32 Å². The number of hydrogen-bond acceptors (Lipinski definition) is 1. The van der Waals surface area contributed by atoms with Crippen LogP contribution in [0.15, 0.2) is 51.4 Å². The molecule has 0 radical (unpaired) electrons. The summed E-state index contributed by atoms with van der Waals surface area (Å²) >= 11 is 7.11. The van der Waals surface area contributed by atoms with E-state index in [1.165, 1.54) is 11.1 Å². The smallest absolute Gasteiger partial charge is 0.0511 e. The Morgan fingerprint density at radius 2 is 1.89 bits per heavy atom. The Kier molecular flexibility index (Phi) is 5.06. The SMILES string of the molecule is CCC(Nc1ccc(C)c(Br)c1)c1cccc(Br)c1. The molecule has 0 aliphatic heterocycles. The maximum atomic E-state index is 3.59. The van der Waals surface area contributed by atoms with Crippen LogP contribution in [0.5, 0.6) is 0 Å². The highest BCUT2D eigenvalue weighted by molar-refractivity contribution is 9.10. The summed E-state index contributed by atoms with van der Waals surface area (Å²) in [6.45, 7) is 4.29. The first-order valence-electron chi connectivity index (χ1n) is 6.38. The summed E-state index contributed by atoms with van der Waals surface area (Å²) in [4.78, 5) is 0. The monoisotopic (exact) mass is 381 g/mol. The second-order valence-electron chi connectivity index (χ2n) is 4.62. The molecule has 0 fully saturated rings. The summed E-state index contributed by atoms with van der Waals surface area (Å²) in [6.07, 6.45) is 1.04. The lowest BCUT2D eigenvalue weighted by Gasteiger charge is -2.19. The fraction of sp³-hybridized carbons (Fsp3) is 0.250. The molecule has 1 N–H and O–H groups in total. The van der Waals surface area contributed by atoms with Crippen molar-refractivity contribution in [1.29, 1.82) is 0 Å². The van der Waals surface area contributed by atoms with Crippen molar-refractivity contribution in [1.82, 2.24) is 0 Å². The quantitative estimate of drug-likeness (QED) is 0.675. The third-order valence-corrected chi connectivity index (χ3v) is 4.52. The molecule has 3 heteroatoms.